The van der Waals surface area contributed by atoms with Gasteiger partial charge in [-0.25, -0.2) is 4.98 Å². The molecule has 8 nitrogen and oxygen atoms in total. The Hall–Kier alpha value is -3.62. The molecule has 4 rings (SSSR count). The standard InChI is InChI=1S/C25H27ClN6O2/c1-4-23(33)31(3)20-6-5-7-21(16-20)34-24-22(26)17-27-25(29-24)28-18-8-10-19(11-9-18)32-14-12-30(2)13-15-32/h4-11,16-17H,1,12-15H2,2-3H3,(H,27,28,29). The number of anilines is 4. The Morgan fingerprint density at radius 2 is 1.91 bits per heavy atom. The van der Waals surface area contributed by atoms with E-state index in [4.69, 9.17) is 16.3 Å². The van der Waals surface area contributed by atoms with Crippen molar-refractivity contribution in [2.75, 3.05) is 55.4 Å². The number of hydrogen-bond acceptors (Lipinski definition) is 7. The summed E-state index contributed by atoms with van der Waals surface area (Å²) in [6, 6.07) is 15.3. The van der Waals surface area contributed by atoms with Gasteiger partial charge in [-0.05, 0) is 49.5 Å². The van der Waals surface area contributed by atoms with Gasteiger partial charge >= 0.3 is 0 Å². The van der Waals surface area contributed by atoms with Crippen LogP contribution in [-0.4, -0.2) is 61.0 Å². The quantitative estimate of drug-likeness (QED) is 0.499. The summed E-state index contributed by atoms with van der Waals surface area (Å²) in [5.74, 6) is 0.844. The second-order valence-electron chi connectivity index (χ2n) is 8.01. The van der Waals surface area contributed by atoms with Crippen LogP contribution in [0, 0.1) is 0 Å². The van der Waals surface area contributed by atoms with Gasteiger partial charge in [-0.2, -0.15) is 4.98 Å². The van der Waals surface area contributed by atoms with E-state index < -0.39 is 0 Å². The van der Waals surface area contributed by atoms with Gasteiger partial charge in [0, 0.05) is 56.4 Å². The lowest BCUT2D eigenvalue weighted by molar-refractivity contribution is -0.113. The van der Waals surface area contributed by atoms with Crippen molar-refractivity contribution < 1.29 is 9.53 Å². The summed E-state index contributed by atoms with van der Waals surface area (Å²) in [4.78, 5) is 26.8. The summed E-state index contributed by atoms with van der Waals surface area (Å²) in [6.07, 6.45) is 2.74. The van der Waals surface area contributed by atoms with Crippen molar-refractivity contribution in [1.29, 1.82) is 0 Å². The highest BCUT2D eigenvalue weighted by atomic mass is 35.5. The smallest absolute Gasteiger partial charge is 0.250 e. The zero-order chi connectivity index (χ0) is 24.1. The molecule has 3 aromatic rings. The molecule has 176 valence electrons. The first-order valence-electron chi connectivity index (χ1n) is 10.9. The molecule has 1 N–H and O–H groups in total. The van der Waals surface area contributed by atoms with Crippen LogP contribution in [0.4, 0.5) is 23.0 Å². The van der Waals surface area contributed by atoms with Crippen LogP contribution in [0.3, 0.4) is 0 Å². The van der Waals surface area contributed by atoms with Gasteiger partial charge in [0.15, 0.2) is 0 Å². The van der Waals surface area contributed by atoms with Crippen molar-refractivity contribution in [1.82, 2.24) is 14.9 Å². The molecule has 1 aromatic heterocycles. The molecule has 1 aliphatic rings. The minimum Gasteiger partial charge on any atom is -0.437 e. The van der Waals surface area contributed by atoms with Crippen LogP contribution in [0.5, 0.6) is 11.6 Å². The van der Waals surface area contributed by atoms with E-state index in [9.17, 15) is 4.79 Å². The Labute approximate surface area is 204 Å². The number of benzene rings is 2. The molecule has 0 saturated carbocycles. The largest absolute Gasteiger partial charge is 0.437 e. The van der Waals surface area contributed by atoms with E-state index in [1.54, 1.807) is 31.3 Å². The lowest BCUT2D eigenvalue weighted by atomic mass is 10.2. The fraction of sp³-hybridized carbons (Fsp3) is 0.240. The van der Waals surface area contributed by atoms with E-state index in [-0.39, 0.29) is 16.8 Å². The van der Waals surface area contributed by atoms with Gasteiger partial charge in [0.2, 0.25) is 17.7 Å². The molecular formula is C25H27ClN6O2. The predicted molar refractivity (Wildman–Crippen MR) is 137 cm³/mol. The van der Waals surface area contributed by atoms with Crippen molar-refractivity contribution in [2.24, 2.45) is 0 Å². The first-order valence-corrected chi connectivity index (χ1v) is 11.3. The van der Waals surface area contributed by atoms with E-state index in [1.165, 1.54) is 22.9 Å². The lowest BCUT2D eigenvalue weighted by Crippen LogP contribution is -2.44. The monoisotopic (exact) mass is 478 g/mol. The number of rotatable bonds is 7. The Kier molecular flexibility index (Phi) is 7.30. The lowest BCUT2D eigenvalue weighted by Gasteiger charge is -2.34. The minimum atomic E-state index is -0.220. The number of nitrogens with zero attached hydrogens (tertiary/aromatic N) is 5. The maximum Gasteiger partial charge on any atom is 0.250 e. The van der Waals surface area contributed by atoms with Gasteiger partial charge in [0.05, 0.1) is 6.20 Å². The second-order valence-corrected chi connectivity index (χ2v) is 8.42. The first kappa shape index (κ1) is 23.5. The van der Waals surface area contributed by atoms with E-state index in [1.807, 2.05) is 12.1 Å². The normalized spacial score (nSPS) is 13.9. The van der Waals surface area contributed by atoms with Gasteiger partial charge in [0.1, 0.15) is 10.8 Å². The Morgan fingerprint density at radius 1 is 1.18 bits per heavy atom. The number of nitrogens with one attached hydrogen (secondary N) is 1. The Balaban J connectivity index is 1.45. The molecule has 0 bridgehead atoms. The maximum absolute atomic E-state index is 11.9. The van der Waals surface area contributed by atoms with Crippen LogP contribution in [0.15, 0.2) is 67.4 Å². The minimum absolute atomic E-state index is 0.211. The molecule has 1 amide bonds. The van der Waals surface area contributed by atoms with Crippen LogP contribution >= 0.6 is 11.6 Å². The summed E-state index contributed by atoms with van der Waals surface area (Å²) in [5.41, 5.74) is 2.71. The molecule has 0 radical (unpaired) electrons. The molecule has 2 aromatic carbocycles. The number of likely N-dealkylation sites (N-methyl/N-ethyl adjacent to an activating group) is 2. The molecule has 0 atom stereocenters. The molecule has 0 aliphatic carbocycles. The fourth-order valence-corrected chi connectivity index (χ4v) is 3.69. The number of aromatic nitrogens is 2. The number of carbonyl (C=O) groups is 1. The van der Waals surface area contributed by atoms with Crippen molar-refractivity contribution in [3.05, 3.63) is 72.4 Å². The molecule has 2 heterocycles. The van der Waals surface area contributed by atoms with Crippen molar-refractivity contribution in [3.63, 3.8) is 0 Å². The summed E-state index contributed by atoms with van der Waals surface area (Å²) in [5, 5.41) is 3.47. The van der Waals surface area contributed by atoms with E-state index in [2.05, 4.69) is 50.8 Å². The van der Waals surface area contributed by atoms with Gasteiger partial charge < -0.3 is 24.8 Å². The number of carbonyl (C=O) groups excluding carboxylic acids is 1. The third-order valence-corrected chi connectivity index (χ3v) is 5.89. The van der Waals surface area contributed by atoms with Gasteiger partial charge in [0.25, 0.3) is 0 Å². The molecule has 1 aliphatic heterocycles. The van der Waals surface area contributed by atoms with E-state index in [0.717, 1.165) is 31.9 Å². The molecule has 0 spiro atoms. The van der Waals surface area contributed by atoms with Crippen LogP contribution in [-0.2, 0) is 4.79 Å². The Bertz CT molecular complexity index is 1160. The van der Waals surface area contributed by atoms with Crippen LogP contribution < -0.4 is 19.9 Å². The van der Waals surface area contributed by atoms with E-state index >= 15 is 0 Å². The van der Waals surface area contributed by atoms with Crippen molar-refractivity contribution in [2.45, 2.75) is 0 Å². The highest BCUT2D eigenvalue weighted by molar-refractivity contribution is 6.31. The third-order valence-electron chi connectivity index (χ3n) is 5.63. The van der Waals surface area contributed by atoms with Gasteiger partial charge in [-0.3, -0.25) is 4.79 Å². The summed E-state index contributed by atoms with van der Waals surface area (Å²) in [6.45, 7) is 7.67. The number of hydrogen-bond donors (Lipinski definition) is 1. The predicted octanol–water partition coefficient (Wildman–Crippen LogP) is 4.57. The number of piperazine rings is 1. The highest BCUT2D eigenvalue weighted by Gasteiger charge is 2.15. The summed E-state index contributed by atoms with van der Waals surface area (Å²) in [7, 11) is 3.81. The number of amides is 1. The second kappa shape index (κ2) is 10.5. The third kappa shape index (κ3) is 5.65. The highest BCUT2D eigenvalue weighted by Crippen LogP contribution is 2.30. The molecule has 9 heteroatoms. The van der Waals surface area contributed by atoms with Crippen LogP contribution in [0.25, 0.3) is 0 Å². The summed E-state index contributed by atoms with van der Waals surface area (Å²) < 4.78 is 5.90. The SMILES string of the molecule is C=CC(=O)N(C)c1cccc(Oc2nc(Nc3ccc(N4CCN(C)CC4)cc3)ncc2Cl)c1. The Morgan fingerprint density at radius 3 is 2.62 bits per heavy atom. The molecule has 1 fully saturated rings. The zero-order valence-corrected chi connectivity index (χ0v) is 20.0. The fourth-order valence-electron chi connectivity index (χ4n) is 3.56. The molecule has 1 saturated heterocycles. The topological polar surface area (TPSA) is 73.8 Å². The zero-order valence-electron chi connectivity index (χ0n) is 19.2. The van der Waals surface area contributed by atoms with Crippen molar-refractivity contribution in [3.8, 4) is 11.6 Å². The van der Waals surface area contributed by atoms with Crippen LogP contribution in [0.1, 0.15) is 0 Å². The maximum atomic E-state index is 11.9. The molecular weight excluding hydrogens is 452 g/mol. The van der Waals surface area contributed by atoms with Gasteiger partial charge in [-0.1, -0.05) is 24.2 Å². The van der Waals surface area contributed by atoms with Crippen molar-refractivity contribution >= 4 is 40.5 Å². The average Bonchev–Trinajstić information content (AvgIpc) is 2.86. The van der Waals surface area contributed by atoms with Gasteiger partial charge in [-0.15, -0.1) is 0 Å². The average molecular weight is 479 g/mol. The summed E-state index contributed by atoms with van der Waals surface area (Å²) >= 11 is 6.28. The first-order chi connectivity index (χ1) is 16.4. The van der Waals surface area contributed by atoms with E-state index in [0.29, 0.717) is 17.4 Å². The van der Waals surface area contributed by atoms with Crippen LogP contribution in [0.2, 0.25) is 5.02 Å². The molecule has 34 heavy (non-hydrogen) atoms. The molecule has 0 unspecified atom stereocenters. The number of ether oxygens (including phenoxy) is 1. The number of halogens is 1.